The van der Waals surface area contributed by atoms with Crippen LogP contribution in [0.25, 0.3) is 10.9 Å². The lowest BCUT2D eigenvalue weighted by Gasteiger charge is -2.12. The SMILES string of the molecule is CCCCOC(=O)c1cc2ccn(C)c(=O)c2n1S(=O)(=O)c1ccc(C)cc1. The first-order valence-electron chi connectivity index (χ1n) is 8.98. The number of unbranched alkanes of at least 4 members (excludes halogenated alkanes) is 1. The Morgan fingerprint density at radius 2 is 1.82 bits per heavy atom. The summed E-state index contributed by atoms with van der Waals surface area (Å²) in [5, 5.41) is 0.362. The summed E-state index contributed by atoms with van der Waals surface area (Å²) < 4.78 is 34.0. The van der Waals surface area contributed by atoms with E-state index in [4.69, 9.17) is 4.74 Å². The number of rotatable bonds is 6. The van der Waals surface area contributed by atoms with Gasteiger partial charge in [-0.3, -0.25) is 4.79 Å². The van der Waals surface area contributed by atoms with Gasteiger partial charge in [-0.15, -0.1) is 0 Å². The fourth-order valence-corrected chi connectivity index (χ4v) is 4.37. The van der Waals surface area contributed by atoms with Crippen LogP contribution in [0.15, 0.2) is 52.3 Å². The lowest BCUT2D eigenvalue weighted by molar-refractivity contribution is 0.0492. The second-order valence-electron chi connectivity index (χ2n) is 6.64. The van der Waals surface area contributed by atoms with Gasteiger partial charge in [0, 0.05) is 18.6 Å². The summed E-state index contributed by atoms with van der Waals surface area (Å²) in [6, 6.07) is 9.22. The van der Waals surface area contributed by atoms with E-state index in [2.05, 4.69) is 0 Å². The second-order valence-corrected chi connectivity index (χ2v) is 8.42. The zero-order valence-corrected chi connectivity index (χ0v) is 16.8. The minimum absolute atomic E-state index is 0.0101. The van der Waals surface area contributed by atoms with Crippen molar-refractivity contribution < 1.29 is 17.9 Å². The standard InChI is InChI=1S/C20H22N2O5S/c1-4-5-12-27-20(24)17-13-15-10-11-21(3)19(23)18(15)22(17)28(25,26)16-8-6-14(2)7-9-16/h6-11,13H,4-5,12H2,1-3H3. The predicted octanol–water partition coefficient (Wildman–Crippen LogP) is 2.84. The third-order valence-corrected chi connectivity index (χ3v) is 6.22. The van der Waals surface area contributed by atoms with Crippen molar-refractivity contribution in [3.8, 4) is 0 Å². The van der Waals surface area contributed by atoms with Crippen LogP contribution in [0.1, 0.15) is 35.8 Å². The molecule has 8 heteroatoms. The van der Waals surface area contributed by atoms with Crippen molar-refractivity contribution in [2.45, 2.75) is 31.6 Å². The molecule has 2 heterocycles. The maximum Gasteiger partial charge on any atom is 0.356 e. The highest BCUT2D eigenvalue weighted by molar-refractivity contribution is 7.90. The minimum atomic E-state index is -4.18. The number of esters is 1. The van der Waals surface area contributed by atoms with E-state index in [-0.39, 0.29) is 22.7 Å². The molecule has 0 amide bonds. The van der Waals surface area contributed by atoms with Gasteiger partial charge in [-0.1, -0.05) is 31.0 Å². The van der Waals surface area contributed by atoms with Crippen LogP contribution < -0.4 is 5.56 Å². The fourth-order valence-electron chi connectivity index (χ4n) is 2.87. The predicted molar refractivity (Wildman–Crippen MR) is 106 cm³/mol. The average molecular weight is 402 g/mol. The molecule has 0 spiro atoms. The summed E-state index contributed by atoms with van der Waals surface area (Å²) in [6.07, 6.45) is 3.02. The molecule has 7 nitrogen and oxygen atoms in total. The molecule has 0 fully saturated rings. The van der Waals surface area contributed by atoms with E-state index in [1.807, 2.05) is 13.8 Å². The minimum Gasteiger partial charge on any atom is -0.461 e. The first-order chi connectivity index (χ1) is 13.3. The number of benzene rings is 1. The molecule has 0 saturated heterocycles. The Morgan fingerprint density at radius 1 is 1.14 bits per heavy atom. The lowest BCUT2D eigenvalue weighted by atomic mass is 10.2. The average Bonchev–Trinajstić information content (AvgIpc) is 3.06. The highest BCUT2D eigenvalue weighted by Crippen LogP contribution is 2.24. The van der Waals surface area contributed by atoms with Crippen molar-refractivity contribution in [1.29, 1.82) is 0 Å². The number of aromatic nitrogens is 2. The van der Waals surface area contributed by atoms with Gasteiger partial charge in [-0.2, -0.15) is 0 Å². The number of hydrogen-bond donors (Lipinski definition) is 0. The molecule has 0 unspecified atom stereocenters. The van der Waals surface area contributed by atoms with Crippen molar-refractivity contribution in [3.63, 3.8) is 0 Å². The molecular weight excluding hydrogens is 380 g/mol. The van der Waals surface area contributed by atoms with Gasteiger partial charge in [-0.05, 0) is 37.6 Å². The van der Waals surface area contributed by atoms with E-state index in [9.17, 15) is 18.0 Å². The number of ether oxygens (including phenoxy) is 1. The molecule has 148 valence electrons. The van der Waals surface area contributed by atoms with Crippen LogP contribution in [0.2, 0.25) is 0 Å². The smallest absolute Gasteiger partial charge is 0.356 e. The molecule has 0 aliphatic heterocycles. The second kappa shape index (κ2) is 7.63. The van der Waals surface area contributed by atoms with Crippen LogP contribution >= 0.6 is 0 Å². The zero-order valence-electron chi connectivity index (χ0n) is 16.0. The molecule has 0 saturated carbocycles. The molecule has 0 radical (unpaired) electrons. The van der Waals surface area contributed by atoms with Gasteiger partial charge in [0.15, 0.2) is 0 Å². The number of carbonyl (C=O) groups is 1. The summed E-state index contributed by atoms with van der Waals surface area (Å²) in [4.78, 5) is 25.3. The Kier molecular flexibility index (Phi) is 5.42. The van der Waals surface area contributed by atoms with E-state index in [0.29, 0.717) is 11.8 Å². The first-order valence-corrected chi connectivity index (χ1v) is 10.4. The molecule has 0 aliphatic rings. The third-order valence-electron chi connectivity index (χ3n) is 4.49. The number of aryl methyl sites for hydroxylation is 2. The molecule has 0 atom stereocenters. The van der Waals surface area contributed by atoms with Gasteiger partial charge in [0.2, 0.25) is 0 Å². The Morgan fingerprint density at radius 3 is 2.46 bits per heavy atom. The van der Waals surface area contributed by atoms with E-state index in [1.165, 1.54) is 36.0 Å². The van der Waals surface area contributed by atoms with Crippen molar-refractivity contribution in [3.05, 3.63) is 64.2 Å². The fraction of sp³-hybridized carbons (Fsp3) is 0.300. The van der Waals surface area contributed by atoms with Crippen molar-refractivity contribution in [1.82, 2.24) is 8.54 Å². The molecular formula is C20H22N2O5S. The van der Waals surface area contributed by atoms with Gasteiger partial charge < -0.3 is 9.30 Å². The van der Waals surface area contributed by atoms with Gasteiger partial charge >= 0.3 is 5.97 Å². The van der Waals surface area contributed by atoms with Crippen LogP contribution in [0.4, 0.5) is 0 Å². The van der Waals surface area contributed by atoms with E-state index in [0.717, 1.165) is 16.0 Å². The molecule has 0 N–H and O–H groups in total. The molecule has 0 bridgehead atoms. The Labute approximate surface area is 163 Å². The number of fused-ring (bicyclic) bond motifs is 1. The summed E-state index contributed by atoms with van der Waals surface area (Å²) >= 11 is 0. The molecule has 3 aromatic rings. The summed E-state index contributed by atoms with van der Waals surface area (Å²) in [6.45, 7) is 3.98. The van der Waals surface area contributed by atoms with Crippen molar-refractivity contribution >= 4 is 26.9 Å². The normalized spacial score (nSPS) is 11.7. The van der Waals surface area contributed by atoms with E-state index >= 15 is 0 Å². The summed E-state index contributed by atoms with van der Waals surface area (Å²) in [7, 11) is -2.66. The van der Waals surface area contributed by atoms with Gasteiger partial charge in [-0.25, -0.2) is 17.2 Å². The van der Waals surface area contributed by atoms with Crippen LogP contribution in [-0.2, 0) is 21.8 Å². The molecule has 3 rings (SSSR count). The van der Waals surface area contributed by atoms with Crippen molar-refractivity contribution in [2.75, 3.05) is 6.61 Å². The number of carbonyl (C=O) groups excluding carboxylic acids is 1. The van der Waals surface area contributed by atoms with Gasteiger partial charge in [0.05, 0.1) is 11.5 Å². The number of hydrogen-bond acceptors (Lipinski definition) is 5. The Hall–Kier alpha value is -2.87. The summed E-state index contributed by atoms with van der Waals surface area (Å²) in [5.41, 5.74) is 0.121. The molecule has 2 aromatic heterocycles. The highest BCUT2D eigenvalue weighted by atomic mass is 32.2. The van der Waals surface area contributed by atoms with Crippen LogP contribution in [0, 0.1) is 6.92 Å². The topological polar surface area (TPSA) is 87.4 Å². The third kappa shape index (κ3) is 3.47. The van der Waals surface area contributed by atoms with Gasteiger partial charge in [0.1, 0.15) is 11.2 Å². The number of pyridine rings is 1. The first kappa shape index (κ1) is 19.9. The zero-order chi connectivity index (χ0) is 20.5. The van der Waals surface area contributed by atoms with Gasteiger partial charge in [0.25, 0.3) is 15.6 Å². The van der Waals surface area contributed by atoms with E-state index < -0.39 is 21.6 Å². The summed E-state index contributed by atoms with van der Waals surface area (Å²) in [5.74, 6) is -0.776. The van der Waals surface area contributed by atoms with Crippen molar-refractivity contribution in [2.24, 2.45) is 7.05 Å². The van der Waals surface area contributed by atoms with Crippen LogP contribution in [0.5, 0.6) is 0 Å². The highest BCUT2D eigenvalue weighted by Gasteiger charge is 2.29. The quantitative estimate of drug-likeness (QED) is 0.467. The largest absolute Gasteiger partial charge is 0.461 e. The Bertz CT molecular complexity index is 1190. The Balaban J connectivity index is 2.27. The maximum atomic E-state index is 13.3. The van der Waals surface area contributed by atoms with Crippen LogP contribution in [-0.4, -0.2) is 29.5 Å². The monoisotopic (exact) mass is 402 g/mol. The number of nitrogens with zero attached hydrogens (tertiary/aromatic N) is 2. The van der Waals surface area contributed by atoms with Crippen LogP contribution in [0.3, 0.4) is 0 Å². The van der Waals surface area contributed by atoms with E-state index in [1.54, 1.807) is 18.2 Å². The lowest BCUT2D eigenvalue weighted by Crippen LogP contribution is -2.25. The molecule has 1 aromatic carbocycles. The molecule has 28 heavy (non-hydrogen) atoms. The maximum absolute atomic E-state index is 13.3. The molecule has 0 aliphatic carbocycles.